The van der Waals surface area contributed by atoms with Crippen molar-refractivity contribution < 1.29 is 14.3 Å². The minimum Gasteiger partial charge on any atom is -0.493 e. The zero-order valence-electron chi connectivity index (χ0n) is 17.1. The van der Waals surface area contributed by atoms with Crippen LogP contribution in [0.25, 0.3) is 0 Å². The predicted octanol–water partition coefficient (Wildman–Crippen LogP) is 6.84. The topological polar surface area (TPSA) is 47.6 Å². The molecule has 0 spiro atoms. The number of carbonyl (C=O) groups is 1. The van der Waals surface area contributed by atoms with Crippen LogP contribution in [-0.4, -0.2) is 12.5 Å². The molecule has 1 amide bonds. The van der Waals surface area contributed by atoms with Crippen LogP contribution in [0.1, 0.15) is 34.0 Å². The molecule has 0 unspecified atom stereocenters. The second kappa shape index (κ2) is 9.88. The summed E-state index contributed by atoms with van der Waals surface area (Å²) in [6.45, 7) is 6.52. The minimum atomic E-state index is -0.230. The molecule has 3 rings (SSSR count). The fraction of sp³-hybridized carbons (Fsp3) is 0.208. The number of nitrogens with one attached hydrogen (secondary N) is 1. The van der Waals surface area contributed by atoms with Crippen molar-refractivity contribution in [2.45, 2.75) is 27.4 Å². The van der Waals surface area contributed by atoms with Gasteiger partial charge in [0.2, 0.25) is 0 Å². The second-order valence-electron chi connectivity index (χ2n) is 6.87. The van der Waals surface area contributed by atoms with Crippen LogP contribution >= 0.6 is 23.2 Å². The molecule has 4 nitrogen and oxygen atoms in total. The first kappa shape index (κ1) is 22.0. The average Bonchev–Trinajstić information content (AvgIpc) is 2.72. The molecule has 6 heteroatoms. The number of rotatable bonds is 7. The molecule has 156 valence electrons. The van der Waals surface area contributed by atoms with Gasteiger partial charge >= 0.3 is 0 Å². The summed E-state index contributed by atoms with van der Waals surface area (Å²) in [4.78, 5) is 12.8. The lowest BCUT2D eigenvalue weighted by molar-refractivity contribution is 0.102. The number of hydrogen-bond donors (Lipinski definition) is 1. The van der Waals surface area contributed by atoms with Crippen LogP contribution in [0.5, 0.6) is 11.5 Å². The van der Waals surface area contributed by atoms with Gasteiger partial charge in [0.1, 0.15) is 18.1 Å². The summed E-state index contributed by atoms with van der Waals surface area (Å²) in [7, 11) is 0. The van der Waals surface area contributed by atoms with Gasteiger partial charge in [-0.2, -0.15) is 0 Å². The lowest BCUT2D eigenvalue weighted by Crippen LogP contribution is -2.14. The first-order valence-electron chi connectivity index (χ1n) is 9.59. The first-order chi connectivity index (χ1) is 14.4. The van der Waals surface area contributed by atoms with Crippen molar-refractivity contribution in [1.82, 2.24) is 0 Å². The van der Waals surface area contributed by atoms with Crippen molar-refractivity contribution >= 4 is 34.8 Å². The van der Waals surface area contributed by atoms with E-state index in [9.17, 15) is 4.79 Å². The zero-order valence-corrected chi connectivity index (χ0v) is 18.6. The molecule has 0 fully saturated rings. The van der Waals surface area contributed by atoms with Gasteiger partial charge in [0, 0.05) is 26.9 Å². The molecule has 0 aromatic heterocycles. The maximum Gasteiger partial charge on any atom is 0.255 e. The summed E-state index contributed by atoms with van der Waals surface area (Å²) in [5.74, 6) is 1.15. The fourth-order valence-corrected chi connectivity index (χ4v) is 3.21. The van der Waals surface area contributed by atoms with Crippen LogP contribution in [0.3, 0.4) is 0 Å². The van der Waals surface area contributed by atoms with E-state index in [1.165, 1.54) is 0 Å². The molecule has 3 aromatic carbocycles. The number of carbonyl (C=O) groups excluding carboxylic acids is 1. The Hall–Kier alpha value is -2.69. The van der Waals surface area contributed by atoms with Gasteiger partial charge in [-0.1, -0.05) is 29.3 Å². The summed E-state index contributed by atoms with van der Waals surface area (Å²) in [5, 5.41) is 4.17. The third-order valence-electron chi connectivity index (χ3n) is 4.59. The standard InChI is InChI=1S/C24H23Cl2NO3/c1-4-29-23-10-6-17(24(28)27-22-13-19(25)7-5-15(22)2)12-18(23)14-30-20-8-9-21(26)16(3)11-20/h5-13H,4,14H2,1-3H3,(H,27,28). The molecular formula is C24H23Cl2NO3. The number of anilines is 1. The Balaban J connectivity index is 1.81. The molecule has 0 saturated carbocycles. The number of hydrogen-bond acceptors (Lipinski definition) is 3. The highest BCUT2D eigenvalue weighted by Gasteiger charge is 2.13. The molecule has 0 aliphatic carbocycles. The lowest BCUT2D eigenvalue weighted by Gasteiger charge is -2.14. The summed E-state index contributed by atoms with van der Waals surface area (Å²) in [6, 6.07) is 16.2. The molecule has 0 bridgehead atoms. The molecule has 0 heterocycles. The van der Waals surface area contributed by atoms with E-state index in [0.717, 1.165) is 16.7 Å². The Bertz CT molecular complexity index is 1070. The zero-order chi connectivity index (χ0) is 21.7. The quantitative estimate of drug-likeness (QED) is 0.434. The van der Waals surface area contributed by atoms with Crippen LogP contribution in [0.4, 0.5) is 5.69 Å². The molecule has 0 aliphatic rings. The Morgan fingerprint density at radius 1 is 0.933 bits per heavy atom. The molecular weight excluding hydrogens is 421 g/mol. The van der Waals surface area contributed by atoms with Crippen molar-refractivity contribution in [3.05, 3.63) is 86.9 Å². The lowest BCUT2D eigenvalue weighted by atomic mass is 10.1. The SMILES string of the molecule is CCOc1ccc(C(=O)Nc2cc(Cl)ccc2C)cc1COc1ccc(Cl)c(C)c1. The van der Waals surface area contributed by atoms with Gasteiger partial charge in [-0.15, -0.1) is 0 Å². The van der Waals surface area contributed by atoms with E-state index in [4.69, 9.17) is 32.7 Å². The molecule has 1 N–H and O–H groups in total. The van der Waals surface area contributed by atoms with Gasteiger partial charge in [0.15, 0.2) is 0 Å². The Labute approximate surface area is 186 Å². The Kier molecular flexibility index (Phi) is 7.24. The van der Waals surface area contributed by atoms with Gasteiger partial charge in [0.25, 0.3) is 5.91 Å². The monoisotopic (exact) mass is 443 g/mol. The second-order valence-corrected chi connectivity index (χ2v) is 7.71. The Morgan fingerprint density at radius 2 is 1.73 bits per heavy atom. The number of halogens is 2. The molecule has 0 saturated heterocycles. The van der Waals surface area contributed by atoms with Crippen molar-refractivity contribution in [3.63, 3.8) is 0 Å². The van der Waals surface area contributed by atoms with Crippen LogP contribution < -0.4 is 14.8 Å². The number of ether oxygens (including phenoxy) is 2. The first-order valence-corrected chi connectivity index (χ1v) is 10.3. The Morgan fingerprint density at radius 3 is 2.47 bits per heavy atom. The van der Waals surface area contributed by atoms with Gasteiger partial charge < -0.3 is 14.8 Å². The van der Waals surface area contributed by atoms with E-state index in [2.05, 4.69) is 5.32 Å². The fourth-order valence-electron chi connectivity index (χ4n) is 2.92. The maximum absolute atomic E-state index is 12.8. The van der Waals surface area contributed by atoms with Gasteiger partial charge in [0.05, 0.1) is 6.61 Å². The molecule has 3 aromatic rings. The van der Waals surface area contributed by atoms with Crippen molar-refractivity contribution in [1.29, 1.82) is 0 Å². The number of benzene rings is 3. The summed E-state index contributed by atoms with van der Waals surface area (Å²) in [6.07, 6.45) is 0. The number of amides is 1. The van der Waals surface area contributed by atoms with E-state index in [0.29, 0.717) is 39.4 Å². The van der Waals surface area contributed by atoms with E-state index >= 15 is 0 Å². The number of aryl methyl sites for hydroxylation is 2. The van der Waals surface area contributed by atoms with Crippen LogP contribution in [0, 0.1) is 13.8 Å². The highest BCUT2D eigenvalue weighted by molar-refractivity contribution is 6.31. The summed E-state index contributed by atoms with van der Waals surface area (Å²) >= 11 is 12.1. The third kappa shape index (κ3) is 5.47. The van der Waals surface area contributed by atoms with Crippen LogP contribution in [0.15, 0.2) is 54.6 Å². The van der Waals surface area contributed by atoms with Crippen molar-refractivity contribution in [3.8, 4) is 11.5 Å². The van der Waals surface area contributed by atoms with E-state index < -0.39 is 0 Å². The molecule has 30 heavy (non-hydrogen) atoms. The molecule has 0 atom stereocenters. The maximum atomic E-state index is 12.8. The summed E-state index contributed by atoms with van der Waals surface area (Å²) in [5.41, 5.74) is 3.82. The highest BCUT2D eigenvalue weighted by Crippen LogP contribution is 2.26. The van der Waals surface area contributed by atoms with Crippen molar-refractivity contribution in [2.24, 2.45) is 0 Å². The highest BCUT2D eigenvalue weighted by atomic mass is 35.5. The normalized spacial score (nSPS) is 10.6. The van der Waals surface area contributed by atoms with Gasteiger partial charge in [-0.3, -0.25) is 4.79 Å². The third-order valence-corrected chi connectivity index (χ3v) is 5.25. The van der Waals surface area contributed by atoms with Crippen molar-refractivity contribution in [2.75, 3.05) is 11.9 Å². The summed E-state index contributed by atoms with van der Waals surface area (Å²) < 4.78 is 11.6. The predicted molar refractivity (Wildman–Crippen MR) is 122 cm³/mol. The minimum absolute atomic E-state index is 0.230. The van der Waals surface area contributed by atoms with E-state index in [-0.39, 0.29) is 12.5 Å². The van der Waals surface area contributed by atoms with E-state index in [1.54, 1.807) is 36.4 Å². The smallest absolute Gasteiger partial charge is 0.255 e. The van der Waals surface area contributed by atoms with E-state index in [1.807, 2.05) is 39.0 Å². The van der Waals surface area contributed by atoms with Gasteiger partial charge in [-0.25, -0.2) is 0 Å². The van der Waals surface area contributed by atoms with Gasteiger partial charge in [-0.05, 0) is 80.4 Å². The molecule has 0 aliphatic heterocycles. The van der Waals surface area contributed by atoms with Crippen LogP contribution in [0.2, 0.25) is 10.0 Å². The average molecular weight is 444 g/mol. The van der Waals surface area contributed by atoms with Crippen LogP contribution in [-0.2, 0) is 6.61 Å². The largest absolute Gasteiger partial charge is 0.493 e. The molecule has 0 radical (unpaired) electrons.